The fourth-order valence-electron chi connectivity index (χ4n) is 3.15. The standard InChI is InChI=1S/C25H23NO4/c27-23(26-22(25(29)30)17-19-7-3-1-4-8-19)16-13-18-11-14-21(15-12-18)24(28)20-9-5-2-6-10-20/h1-12,14-15,22H,13,16-17H2,(H,26,27)(H,29,30)/t22-/m0/s1. The molecule has 5 nitrogen and oxygen atoms in total. The topological polar surface area (TPSA) is 83.5 Å². The predicted octanol–water partition coefficient (Wildman–Crippen LogP) is 3.66. The van der Waals surface area contributed by atoms with Crippen LogP contribution >= 0.6 is 0 Å². The number of ketones is 1. The van der Waals surface area contributed by atoms with Crippen molar-refractivity contribution in [3.05, 3.63) is 107 Å². The van der Waals surface area contributed by atoms with Crippen LogP contribution < -0.4 is 5.32 Å². The van der Waals surface area contributed by atoms with E-state index in [1.807, 2.05) is 60.7 Å². The normalized spacial score (nSPS) is 11.5. The second-order valence-electron chi connectivity index (χ2n) is 7.04. The van der Waals surface area contributed by atoms with Gasteiger partial charge in [-0.25, -0.2) is 4.79 Å². The molecule has 0 saturated carbocycles. The van der Waals surface area contributed by atoms with Crippen molar-refractivity contribution in [2.75, 3.05) is 0 Å². The van der Waals surface area contributed by atoms with Gasteiger partial charge in [0.1, 0.15) is 6.04 Å². The average molecular weight is 401 g/mol. The number of nitrogens with one attached hydrogen (secondary N) is 1. The summed E-state index contributed by atoms with van der Waals surface area (Å²) in [6.07, 6.45) is 0.867. The van der Waals surface area contributed by atoms with Gasteiger partial charge in [0.2, 0.25) is 5.91 Å². The van der Waals surface area contributed by atoms with Gasteiger partial charge in [-0.05, 0) is 17.5 Å². The summed E-state index contributed by atoms with van der Waals surface area (Å²) in [6.45, 7) is 0. The summed E-state index contributed by atoms with van der Waals surface area (Å²) in [7, 11) is 0. The Bertz CT molecular complexity index is 998. The zero-order chi connectivity index (χ0) is 21.3. The number of benzene rings is 3. The smallest absolute Gasteiger partial charge is 0.326 e. The highest BCUT2D eigenvalue weighted by molar-refractivity contribution is 6.08. The summed E-state index contributed by atoms with van der Waals surface area (Å²) in [5, 5.41) is 12.0. The second kappa shape index (κ2) is 10.2. The maximum atomic E-state index is 12.4. The van der Waals surface area contributed by atoms with Gasteiger partial charge in [-0.3, -0.25) is 9.59 Å². The number of carbonyl (C=O) groups is 3. The monoisotopic (exact) mass is 401 g/mol. The van der Waals surface area contributed by atoms with E-state index >= 15 is 0 Å². The van der Waals surface area contributed by atoms with Gasteiger partial charge in [0, 0.05) is 24.0 Å². The van der Waals surface area contributed by atoms with Gasteiger partial charge in [0.25, 0.3) is 0 Å². The SMILES string of the molecule is O=C(CCc1ccc(C(=O)c2ccccc2)cc1)N[C@@H](Cc1ccccc1)C(=O)O. The number of amides is 1. The minimum atomic E-state index is -1.06. The van der Waals surface area contributed by atoms with E-state index in [4.69, 9.17) is 0 Å². The molecule has 0 aliphatic heterocycles. The molecule has 0 saturated heterocycles. The zero-order valence-corrected chi connectivity index (χ0v) is 16.5. The molecule has 3 aromatic carbocycles. The Kier molecular flexibility index (Phi) is 7.11. The van der Waals surface area contributed by atoms with Crippen molar-refractivity contribution >= 4 is 17.7 Å². The van der Waals surface area contributed by atoms with Crippen molar-refractivity contribution in [2.24, 2.45) is 0 Å². The molecule has 1 atom stereocenters. The van der Waals surface area contributed by atoms with Crippen LogP contribution in [0.2, 0.25) is 0 Å². The largest absolute Gasteiger partial charge is 0.480 e. The highest BCUT2D eigenvalue weighted by Gasteiger charge is 2.20. The molecule has 0 aliphatic carbocycles. The van der Waals surface area contributed by atoms with Crippen LogP contribution in [-0.4, -0.2) is 28.8 Å². The third kappa shape index (κ3) is 5.88. The number of hydrogen-bond acceptors (Lipinski definition) is 3. The number of aryl methyl sites for hydroxylation is 1. The van der Waals surface area contributed by atoms with Crippen molar-refractivity contribution in [3.8, 4) is 0 Å². The lowest BCUT2D eigenvalue weighted by atomic mass is 10.0. The second-order valence-corrected chi connectivity index (χ2v) is 7.04. The number of carboxylic acids is 1. The summed E-state index contributed by atoms with van der Waals surface area (Å²) < 4.78 is 0. The minimum absolute atomic E-state index is 0.0508. The molecule has 0 spiro atoms. The molecule has 0 bridgehead atoms. The maximum Gasteiger partial charge on any atom is 0.326 e. The first kappa shape index (κ1) is 21.0. The van der Waals surface area contributed by atoms with E-state index in [0.29, 0.717) is 17.5 Å². The lowest BCUT2D eigenvalue weighted by molar-refractivity contribution is -0.141. The Balaban J connectivity index is 1.53. The van der Waals surface area contributed by atoms with Gasteiger partial charge in [-0.15, -0.1) is 0 Å². The first-order valence-electron chi connectivity index (χ1n) is 9.77. The highest BCUT2D eigenvalue weighted by atomic mass is 16.4. The lowest BCUT2D eigenvalue weighted by Crippen LogP contribution is -2.42. The first-order chi connectivity index (χ1) is 14.5. The van der Waals surface area contributed by atoms with Crippen LogP contribution in [0, 0.1) is 0 Å². The predicted molar refractivity (Wildman–Crippen MR) is 114 cm³/mol. The molecular formula is C25H23NO4. The van der Waals surface area contributed by atoms with Gasteiger partial charge in [-0.2, -0.15) is 0 Å². The summed E-state index contributed by atoms with van der Waals surface area (Å²) in [5.41, 5.74) is 2.97. The average Bonchev–Trinajstić information content (AvgIpc) is 2.78. The number of hydrogen-bond donors (Lipinski definition) is 2. The van der Waals surface area contributed by atoms with Gasteiger partial charge >= 0.3 is 5.97 Å². The molecule has 3 aromatic rings. The lowest BCUT2D eigenvalue weighted by Gasteiger charge is -2.14. The van der Waals surface area contributed by atoms with Crippen molar-refractivity contribution in [2.45, 2.75) is 25.3 Å². The number of carbonyl (C=O) groups excluding carboxylic acids is 2. The molecular weight excluding hydrogens is 378 g/mol. The summed E-state index contributed by atoms with van der Waals surface area (Å²) in [6, 6.07) is 24.4. The Morgan fingerprint density at radius 3 is 1.90 bits per heavy atom. The Labute approximate surface area is 175 Å². The van der Waals surface area contributed by atoms with E-state index < -0.39 is 12.0 Å². The number of rotatable bonds is 9. The van der Waals surface area contributed by atoms with Gasteiger partial charge in [-0.1, -0.05) is 84.9 Å². The minimum Gasteiger partial charge on any atom is -0.480 e. The first-order valence-corrected chi connectivity index (χ1v) is 9.77. The molecule has 3 rings (SSSR count). The van der Waals surface area contributed by atoms with Crippen LogP contribution in [0.25, 0.3) is 0 Å². The van der Waals surface area contributed by atoms with E-state index in [0.717, 1.165) is 11.1 Å². The van der Waals surface area contributed by atoms with Crippen molar-refractivity contribution in [1.29, 1.82) is 0 Å². The Hall–Kier alpha value is -3.73. The molecule has 1 amide bonds. The van der Waals surface area contributed by atoms with Crippen LogP contribution in [0.1, 0.15) is 33.5 Å². The molecule has 0 radical (unpaired) electrons. The molecule has 5 heteroatoms. The molecule has 0 unspecified atom stereocenters. The molecule has 0 fully saturated rings. The van der Waals surface area contributed by atoms with E-state index in [-0.39, 0.29) is 24.5 Å². The fraction of sp³-hybridized carbons (Fsp3) is 0.160. The number of aliphatic carboxylic acids is 1. The van der Waals surface area contributed by atoms with E-state index in [9.17, 15) is 19.5 Å². The number of carboxylic acid groups (broad SMARTS) is 1. The maximum absolute atomic E-state index is 12.4. The Morgan fingerprint density at radius 1 is 0.733 bits per heavy atom. The van der Waals surface area contributed by atoms with Crippen molar-refractivity contribution < 1.29 is 19.5 Å². The summed E-state index contributed by atoms with van der Waals surface area (Å²) in [4.78, 5) is 36.2. The molecule has 30 heavy (non-hydrogen) atoms. The van der Waals surface area contributed by atoms with Crippen LogP contribution in [0.4, 0.5) is 0 Å². The van der Waals surface area contributed by atoms with Crippen LogP contribution in [0.3, 0.4) is 0 Å². The fourth-order valence-corrected chi connectivity index (χ4v) is 3.15. The highest BCUT2D eigenvalue weighted by Crippen LogP contribution is 2.12. The van der Waals surface area contributed by atoms with Crippen LogP contribution in [0.15, 0.2) is 84.9 Å². The van der Waals surface area contributed by atoms with E-state index in [1.165, 1.54) is 0 Å². The third-order valence-corrected chi connectivity index (χ3v) is 4.81. The van der Waals surface area contributed by atoms with Crippen molar-refractivity contribution in [3.63, 3.8) is 0 Å². The van der Waals surface area contributed by atoms with Crippen molar-refractivity contribution in [1.82, 2.24) is 5.32 Å². The third-order valence-electron chi connectivity index (χ3n) is 4.81. The quantitative estimate of drug-likeness (QED) is 0.536. The Morgan fingerprint density at radius 2 is 1.30 bits per heavy atom. The summed E-state index contributed by atoms with van der Waals surface area (Å²) in [5.74, 6) is -1.43. The van der Waals surface area contributed by atoms with Crippen LogP contribution in [-0.2, 0) is 22.4 Å². The van der Waals surface area contributed by atoms with Gasteiger partial charge in [0.05, 0.1) is 0 Å². The molecule has 0 aromatic heterocycles. The summed E-state index contributed by atoms with van der Waals surface area (Å²) >= 11 is 0. The molecule has 0 aliphatic rings. The van der Waals surface area contributed by atoms with E-state index in [2.05, 4.69) is 5.32 Å². The molecule has 2 N–H and O–H groups in total. The van der Waals surface area contributed by atoms with Crippen LogP contribution in [0.5, 0.6) is 0 Å². The van der Waals surface area contributed by atoms with E-state index in [1.54, 1.807) is 24.3 Å². The van der Waals surface area contributed by atoms with Gasteiger partial charge in [0.15, 0.2) is 5.78 Å². The van der Waals surface area contributed by atoms with Gasteiger partial charge < -0.3 is 10.4 Å². The zero-order valence-electron chi connectivity index (χ0n) is 16.5. The molecule has 152 valence electrons. The molecule has 0 heterocycles.